The van der Waals surface area contributed by atoms with Gasteiger partial charge >= 0.3 is 0 Å². The lowest BCUT2D eigenvalue weighted by molar-refractivity contribution is 0.166. The molecule has 0 saturated heterocycles. The van der Waals surface area contributed by atoms with Gasteiger partial charge in [0.05, 0.1) is 6.61 Å². The second kappa shape index (κ2) is 7.83. The fourth-order valence-corrected chi connectivity index (χ4v) is 2.45. The van der Waals surface area contributed by atoms with E-state index in [2.05, 4.69) is 72.9 Å². The molecule has 0 radical (unpaired) electrons. The molecule has 0 aromatic heterocycles. The number of hydrogen-bond acceptors (Lipinski definition) is 2. The monoisotopic (exact) mass is 269 g/mol. The van der Waals surface area contributed by atoms with E-state index in [4.69, 9.17) is 4.74 Å². The summed E-state index contributed by atoms with van der Waals surface area (Å²) in [6, 6.07) is 21.8. The van der Waals surface area contributed by atoms with Crippen LogP contribution in [-0.2, 0) is 11.2 Å². The maximum atomic E-state index is 5.23. The molecular formula is C18H23NO. The van der Waals surface area contributed by atoms with Crippen LogP contribution in [0.1, 0.15) is 24.1 Å². The van der Waals surface area contributed by atoms with Crippen LogP contribution in [0.3, 0.4) is 0 Å². The molecular weight excluding hydrogens is 246 g/mol. The Morgan fingerprint density at radius 2 is 1.55 bits per heavy atom. The topological polar surface area (TPSA) is 21.3 Å². The fraction of sp³-hybridized carbons (Fsp3) is 0.333. The first-order valence-corrected chi connectivity index (χ1v) is 7.13. The van der Waals surface area contributed by atoms with Crippen molar-refractivity contribution in [3.8, 4) is 0 Å². The second-order valence-corrected chi connectivity index (χ2v) is 5.18. The van der Waals surface area contributed by atoms with Crippen molar-refractivity contribution in [3.63, 3.8) is 0 Å². The molecule has 0 aliphatic rings. The number of rotatable bonds is 7. The van der Waals surface area contributed by atoms with Crippen LogP contribution >= 0.6 is 0 Å². The summed E-state index contributed by atoms with van der Waals surface area (Å²) in [6.07, 6.45) is 0.985. The third-order valence-corrected chi connectivity index (χ3v) is 3.39. The van der Waals surface area contributed by atoms with Gasteiger partial charge in [-0.15, -0.1) is 0 Å². The summed E-state index contributed by atoms with van der Waals surface area (Å²) in [5.74, 6) is 0. The van der Waals surface area contributed by atoms with Gasteiger partial charge < -0.3 is 10.1 Å². The zero-order valence-electron chi connectivity index (χ0n) is 12.3. The molecule has 0 fully saturated rings. The van der Waals surface area contributed by atoms with E-state index in [0.717, 1.165) is 13.0 Å². The molecule has 0 amide bonds. The minimum absolute atomic E-state index is 0.309. The predicted molar refractivity (Wildman–Crippen MR) is 83.8 cm³/mol. The molecule has 0 bridgehead atoms. The summed E-state index contributed by atoms with van der Waals surface area (Å²) in [6.45, 7) is 2.88. The zero-order chi connectivity index (χ0) is 14.2. The molecule has 2 unspecified atom stereocenters. The molecule has 0 saturated carbocycles. The van der Waals surface area contributed by atoms with E-state index >= 15 is 0 Å². The van der Waals surface area contributed by atoms with Gasteiger partial charge in [-0.1, -0.05) is 60.7 Å². The molecule has 2 rings (SSSR count). The van der Waals surface area contributed by atoms with Gasteiger partial charge in [-0.25, -0.2) is 0 Å². The summed E-state index contributed by atoms with van der Waals surface area (Å²) in [5, 5.41) is 3.66. The molecule has 0 aliphatic heterocycles. The second-order valence-electron chi connectivity index (χ2n) is 5.18. The molecule has 0 spiro atoms. The number of benzene rings is 2. The summed E-state index contributed by atoms with van der Waals surface area (Å²) in [5.41, 5.74) is 2.66. The summed E-state index contributed by atoms with van der Waals surface area (Å²) in [7, 11) is 1.74. The van der Waals surface area contributed by atoms with Gasteiger partial charge in [0.25, 0.3) is 0 Å². The lowest BCUT2D eigenvalue weighted by Crippen LogP contribution is -2.34. The third kappa shape index (κ3) is 4.48. The largest absolute Gasteiger partial charge is 0.383 e. The third-order valence-electron chi connectivity index (χ3n) is 3.39. The first kappa shape index (κ1) is 14.8. The van der Waals surface area contributed by atoms with Gasteiger partial charge in [-0.2, -0.15) is 0 Å². The molecule has 106 valence electrons. The van der Waals surface area contributed by atoms with E-state index in [1.165, 1.54) is 11.1 Å². The first-order chi connectivity index (χ1) is 9.79. The van der Waals surface area contributed by atoms with Crippen molar-refractivity contribution in [3.05, 3.63) is 71.8 Å². The van der Waals surface area contributed by atoms with E-state index in [0.29, 0.717) is 12.1 Å². The molecule has 2 heteroatoms. The molecule has 0 aliphatic carbocycles. The predicted octanol–water partition coefficient (Wildman–Crippen LogP) is 3.59. The van der Waals surface area contributed by atoms with Crippen molar-refractivity contribution in [1.29, 1.82) is 0 Å². The van der Waals surface area contributed by atoms with Crippen LogP contribution in [0.25, 0.3) is 0 Å². The minimum Gasteiger partial charge on any atom is -0.383 e. The highest BCUT2D eigenvalue weighted by molar-refractivity contribution is 5.23. The highest BCUT2D eigenvalue weighted by atomic mass is 16.5. The summed E-state index contributed by atoms with van der Waals surface area (Å²) in [4.78, 5) is 0. The average molecular weight is 269 g/mol. The van der Waals surface area contributed by atoms with Crippen molar-refractivity contribution < 1.29 is 4.74 Å². The van der Waals surface area contributed by atoms with Gasteiger partial charge in [-0.3, -0.25) is 0 Å². The van der Waals surface area contributed by atoms with Crippen molar-refractivity contribution in [1.82, 2.24) is 5.32 Å². The number of nitrogens with one attached hydrogen (secondary N) is 1. The standard InChI is InChI=1S/C18H23NO/c1-15(14-20-2)19-18(17-11-7-4-8-12-17)13-16-9-5-3-6-10-16/h3-12,15,18-19H,13-14H2,1-2H3. The Balaban J connectivity index is 2.12. The molecule has 20 heavy (non-hydrogen) atoms. The lowest BCUT2D eigenvalue weighted by atomic mass is 9.98. The van der Waals surface area contributed by atoms with Gasteiger partial charge in [0.1, 0.15) is 0 Å². The van der Waals surface area contributed by atoms with E-state index in [1.54, 1.807) is 7.11 Å². The van der Waals surface area contributed by atoms with E-state index < -0.39 is 0 Å². The van der Waals surface area contributed by atoms with Crippen LogP contribution in [0.4, 0.5) is 0 Å². The average Bonchev–Trinajstić information content (AvgIpc) is 2.49. The van der Waals surface area contributed by atoms with Crippen molar-refractivity contribution in [2.45, 2.75) is 25.4 Å². The quantitative estimate of drug-likeness (QED) is 0.829. The van der Waals surface area contributed by atoms with Crippen molar-refractivity contribution in [2.75, 3.05) is 13.7 Å². The first-order valence-electron chi connectivity index (χ1n) is 7.13. The molecule has 1 N–H and O–H groups in total. The van der Waals surface area contributed by atoms with Crippen LogP contribution in [-0.4, -0.2) is 19.8 Å². The minimum atomic E-state index is 0.309. The van der Waals surface area contributed by atoms with E-state index in [1.807, 2.05) is 0 Å². The van der Waals surface area contributed by atoms with Gasteiger partial charge in [0.2, 0.25) is 0 Å². The van der Waals surface area contributed by atoms with E-state index in [9.17, 15) is 0 Å². The van der Waals surface area contributed by atoms with Crippen LogP contribution in [0.15, 0.2) is 60.7 Å². The highest BCUT2D eigenvalue weighted by Gasteiger charge is 2.14. The maximum absolute atomic E-state index is 5.23. The molecule has 2 atom stereocenters. The Morgan fingerprint density at radius 3 is 2.15 bits per heavy atom. The zero-order valence-corrected chi connectivity index (χ0v) is 12.3. The SMILES string of the molecule is COCC(C)NC(Cc1ccccc1)c1ccccc1. The van der Waals surface area contributed by atoms with Crippen LogP contribution in [0.2, 0.25) is 0 Å². The normalized spacial score (nSPS) is 13.9. The highest BCUT2D eigenvalue weighted by Crippen LogP contribution is 2.19. The fourth-order valence-electron chi connectivity index (χ4n) is 2.45. The summed E-state index contributed by atoms with van der Waals surface area (Å²) >= 11 is 0. The number of ether oxygens (including phenoxy) is 1. The Labute approximate surface area is 121 Å². The maximum Gasteiger partial charge on any atom is 0.0613 e. The van der Waals surface area contributed by atoms with Gasteiger partial charge in [-0.05, 0) is 24.5 Å². The number of methoxy groups -OCH3 is 1. The Hall–Kier alpha value is -1.64. The molecule has 2 aromatic rings. The van der Waals surface area contributed by atoms with E-state index in [-0.39, 0.29) is 0 Å². The van der Waals surface area contributed by atoms with Crippen molar-refractivity contribution in [2.24, 2.45) is 0 Å². The van der Waals surface area contributed by atoms with Gasteiger partial charge in [0, 0.05) is 19.2 Å². The Morgan fingerprint density at radius 1 is 0.950 bits per heavy atom. The smallest absolute Gasteiger partial charge is 0.0613 e. The van der Waals surface area contributed by atoms with Crippen LogP contribution in [0.5, 0.6) is 0 Å². The van der Waals surface area contributed by atoms with Crippen LogP contribution in [0, 0.1) is 0 Å². The van der Waals surface area contributed by atoms with Gasteiger partial charge in [0.15, 0.2) is 0 Å². The van der Waals surface area contributed by atoms with Crippen LogP contribution < -0.4 is 5.32 Å². The van der Waals surface area contributed by atoms with Crippen molar-refractivity contribution >= 4 is 0 Å². The molecule has 0 heterocycles. The Kier molecular flexibility index (Phi) is 5.78. The lowest BCUT2D eigenvalue weighted by Gasteiger charge is -2.23. The number of hydrogen-bond donors (Lipinski definition) is 1. The molecule has 2 aromatic carbocycles. The Bertz CT molecular complexity index is 483. The molecule has 2 nitrogen and oxygen atoms in total. The summed E-state index contributed by atoms with van der Waals surface area (Å²) < 4.78 is 5.23.